The van der Waals surface area contributed by atoms with Gasteiger partial charge in [-0.25, -0.2) is 9.37 Å². The van der Waals surface area contributed by atoms with E-state index in [2.05, 4.69) is 9.88 Å². The molecule has 0 bridgehead atoms. The van der Waals surface area contributed by atoms with Crippen LogP contribution in [0.4, 0.5) is 15.9 Å². The van der Waals surface area contributed by atoms with E-state index < -0.39 is 5.97 Å². The minimum atomic E-state index is -0.642. The van der Waals surface area contributed by atoms with Crippen molar-refractivity contribution >= 4 is 23.3 Å². The van der Waals surface area contributed by atoms with Crippen LogP contribution >= 0.6 is 0 Å². The second kappa shape index (κ2) is 8.69. The number of aromatic nitrogens is 1. The van der Waals surface area contributed by atoms with Crippen LogP contribution in [-0.4, -0.2) is 43.0 Å². The number of piperazine rings is 1. The van der Waals surface area contributed by atoms with E-state index in [-0.39, 0.29) is 24.7 Å². The molecule has 0 saturated carbocycles. The number of amidine groups is 1. The Labute approximate surface area is 163 Å². The normalized spacial score (nSPS) is 14.1. The summed E-state index contributed by atoms with van der Waals surface area (Å²) in [6.45, 7) is 4.67. The molecular weight excluding hydrogens is 361 g/mol. The molecule has 148 valence electrons. The van der Waals surface area contributed by atoms with E-state index in [0.29, 0.717) is 24.3 Å². The zero-order chi connectivity index (χ0) is 20.1. The lowest BCUT2D eigenvalue weighted by atomic mass is 10.1. The highest BCUT2D eigenvalue weighted by Gasteiger charge is 2.22. The van der Waals surface area contributed by atoms with Crippen LogP contribution in [0.5, 0.6) is 0 Å². The molecule has 1 fully saturated rings. The van der Waals surface area contributed by atoms with Crippen molar-refractivity contribution in [1.82, 2.24) is 4.98 Å². The van der Waals surface area contributed by atoms with Crippen molar-refractivity contribution in [3.05, 3.63) is 53.5 Å². The van der Waals surface area contributed by atoms with Crippen molar-refractivity contribution < 1.29 is 13.9 Å². The highest BCUT2D eigenvalue weighted by molar-refractivity contribution is 5.94. The summed E-state index contributed by atoms with van der Waals surface area (Å²) in [6.07, 6.45) is 1.50. The van der Waals surface area contributed by atoms with Crippen molar-refractivity contribution in [1.29, 1.82) is 5.41 Å². The second-order valence-electron chi connectivity index (χ2n) is 6.78. The van der Waals surface area contributed by atoms with Crippen molar-refractivity contribution in [2.45, 2.75) is 20.0 Å². The van der Waals surface area contributed by atoms with E-state index >= 15 is 0 Å². The number of nitrogens with zero attached hydrogens (tertiary/aromatic N) is 3. The molecule has 0 spiro atoms. The molecule has 7 nitrogen and oxygen atoms in total. The zero-order valence-electron chi connectivity index (χ0n) is 15.8. The molecule has 1 aliphatic heterocycles. The maximum atomic E-state index is 14.9. The number of rotatable bonds is 6. The van der Waals surface area contributed by atoms with Crippen molar-refractivity contribution in [3.63, 3.8) is 0 Å². The van der Waals surface area contributed by atoms with Crippen LogP contribution < -0.4 is 15.5 Å². The topological polar surface area (TPSA) is 95.5 Å². The molecule has 0 aliphatic carbocycles. The molecule has 1 aliphatic rings. The van der Waals surface area contributed by atoms with Crippen molar-refractivity contribution in [2.24, 2.45) is 5.73 Å². The zero-order valence-corrected chi connectivity index (χ0v) is 15.8. The van der Waals surface area contributed by atoms with Crippen LogP contribution in [0.1, 0.15) is 17.5 Å². The average Bonchev–Trinajstić information content (AvgIpc) is 2.67. The van der Waals surface area contributed by atoms with Gasteiger partial charge in [-0.2, -0.15) is 0 Å². The Morgan fingerprint density at radius 2 is 1.96 bits per heavy atom. The minimum absolute atomic E-state index is 0.182. The number of nitrogens with two attached hydrogens (primary N) is 1. The summed E-state index contributed by atoms with van der Waals surface area (Å²) in [7, 11) is 0. The maximum absolute atomic E-state index is 14.9. The van der Waals surface area contributed by atoms with Crippen molar-refractivity contribution in [2.75, 3.05) is 36.0 Å². The Morgan fingerprint density at radius 3 is 2.64 bits per heavy atom. The number of carbonyl (C=O) groups is 1. The summed E-state index contributed by atoms with van der Waals surface area (Å²) in [5.74, 6) is -0.372. The van der Waals surface area contributed by atoms with Crippen LogP contribution in [0.25, 0.3) is 0 Å². The summed E-state index contributed by atoms with van der Waals surface area (Å²) < 4.78 is 19.9. The smallest absolute Gasteiger partial charge is 0.313 e. The van der Waals surface area contributed by atoms with E-state index in [1.165, 1.54) is 0 Å². The third kappa shape index (κ3) is 4.76. The summed E-state index contributed by atoms with van der Waals surface area (Å²) >= 11 is 0. The minimum Gasteiger partial charge on any atom is -0.460 e. The highest BCUT2D eigenvalue weighted by Crippen LogP contribution is 2.25. The van der Waals surface area contributed by atoms with Crippen LogP contribution in [-0.2, 0) is 16.1 Å². The van der Waals surface area contributed by atoms with Crippen LogP contribution in [0.15, 0.2) is 36.5 Å². The summed E-state index contributed by atoms with van der Waals surface area (Å²) in [4.78, 5) is 20.1. The van der Waals surface area contributed by atoms with Crippen LogP contribution in [0.3, 0.4) is 0 Å². The van der Waals surface area contributed by atoms with Gasteiger partial charge in [-0.05, 0) is 30.7 Å². The molecule has 0 unspecified atom stereocenters. The average molecular weight is 385 g/mol. The Bertz CT molecular complexity index is 865. The molecule has 8 heteroatoms. The number of nitrogens with one attached hydrogen (secondary N) is 1. The molecule has 28 heavy (non-hydrogen) atoms. The second-order valence-corrected chi connectivity index (χ2v) is 6.78. The van der Waals surface area contributed by atoms with E-state index in [9.17, 15) is 9.18 Å². The largest absolute Gasteiger partial charge is 0.460 e. The lowest BCUT2D eigenvalue weighted by Crippen LogP contribution is -2.47. The third-order valence-electron chi connectivity index (χ3n) is 4.63. The van der Waals surface area contributed by atoms with Gasteiger partial charge in [-0.1, -0.05) is 12.1 Å². The van der Waals surface area contributed by atoms with Crippen LogP contribution in [0.2, 0.25) is 0 Å². The number of ether oxygens (including phenoxy) is 1. The van der Waals surface area contributed by atoms with Gasteiger partial charge in [0.2, 0.25) is 0 Å². The fourth-order valence-corrected chi connectivity index (χ4v) is 3.16. The lowest BCUT2D eigenvalue weighted by molar-refractivity contribution is -0.143. The summed E-state index contributed by atoms with van der Waals surface area (Å²) in [5.41, 5.74) is 7.13. The maximum Gasteiger partial charge on any atom is 0.313 e. The number of halogens is 1. The Morgan fingerprint density at radius 1 is 1.25 bits per heavy atom. The number of hydrogen-bond donors (Lipinski definition) is 2. The quantitative estimate of drug-likeness (QED) is 0.450. The van der Waals surface area contributed by atoms with Gasteiger partial charge in [0, 0.05) is 37.9 Å². The molecule has 2 aromatic rings. The van der Waals surface area contributed by atoms with Gasteiger partial charge in [-0.3, -0.25) is 10.2 Å². The number of anilines is 2. The molecule has 0 radical (unpaired) electrons. The number of hydrogen-bond acceptors (Lipinski definition) is 6. The van der Waals surface area contributed by atoms with Gasteiger partial charge in [0.05, 0.1) is 5.69 Å². The predicted octanol–water partition coefficient (Wildman–Crippen LogP) is 2.22. The van der Waals surface area contributed by atoms with Crippen molar-refractivity contribution in [3.8, 4) is 0 Å². The third-order valence-corrected chi connectivity index (χ3v) is 4.63. The summed E-state index contributed by atoms with van der Waals surface area (Å²) in [5, 5.41) is 7.10. The number of esters is 1. The monoisotopic (exact) mass is 385 g/mol. The Hall–Kier alpha value is -3.16. The van der Waals surface area contributed by atoms with E-state index in [0.717, 1.165) is 24.5 Å². The molecule has 0 atom stereocenters. The first-order valence-electron chi connectivity index (χ1n) is 9.12. The fraction of sp³-hybridized carbons (Fsp3) is 0.350. The van der Waals surface area contributed by atoms with E-state index in [4.69, 9.17) is 15.9 Å². The van der Waals surface area contributed by atoms with Gasteiger partial charge in [0.25, 0.3) is 0 Å². The first-order chi connectivity index (χ1) is 13.4. The first kappa shape index (κ1) is 19.6. The van der Waals surface area contributed by atoms with Crippen LogP contribution in [0, 0.1) is 18.2 Å². The SMILES string of the molecule is Cc1ccnc(N2CCN(c3cccc(COC(=O)CC(=N)N)c3F)CC2)c1. The molecule has 2 heterocycles. The van der Waals surface area contributed by atoms with Gasteiger partial charge in [0.15, 0.2) is 5.82 Å². The predicted molar refractivity (Wildman–Crippen MR) is 106 cm³/mol. The first-order valence-corrected chi connectivity index (χ1v) is 9.12. The highest BCUT2D eigenvalue weighted by atomic mass is 19.1. The number of benzene rings is 1. The van der Waals surface area contributed by atoms with E-state index in [1.807, 2.05) is 24.0 Å². The van der Waals surface area contributed by atoms with Gasteiger partial charge in [-0.15, -0.1) is 0 Å². The fourth-order valence-electron chi connectivity index (χ4n) is 3.16. The summed E-state index contributed by atoms with van der Waals surface area (Å²) in [6, 6.07) is 9.08. The lowest BCUT2D eigenvalue weighted by Gasteiger charge is -2.37. The van der Waals surface area contributed by atoms with Gasteiger partial charge < -0.3 is 20.3 Å². The Balaban J connectivity index is 1.63. The molecule has 3 N–H and O–H groups in total. The molecular formula is C20H24FN5O2. The molecule has 0 amide bonds. The Kier molecular flexibility index (Phi) is 6.08. The standard InChI is InChI=1S/C20H24FN5O2/c1-14-5-6-24-18(11-14)26-9-7-25(8-10-26)16-4-2-3-15(20(16)21)13-28-19(27)12-17(22)23/h2-6,11H,7-10,12-13H2,1H3,(H3,22,23). The van der Waals surface area contributed by atoms with E-state index in [1.54, 1.807) is 24.4 Å². The van der Waals surface area contributed by atoms with Gasteiger partial charge >= 0.3 is 5.97 Å². The number of carbonyl (C=O) groups excluding carboxylic acids is 1. The molecule has 1 aromatic heterocycles. The molecule has 1 saturated heterocycles. The molecule has 1 aromatic carbocycles. The number of aryl methyl sites for hydroxylation is 1. The molecule has 3 rings (SSSR count). The van der Waals surface area contributed by atoms with Gasteiger partial charge in [0.1, 0.15) is 24.7 Å². The number of pyridine rings is 1.